The summed E-state index contributed by atoms with van der Waals surface area (Å²) >= 11 is 0.290. The van der Waals surface area contributed by atoms with Crippen LogP contribution in [-0.2, 0) is 11.8 Å². The van der Waals surface area contributed by atoms with Gasteiger partial charge in [0.1, 0.15) is 0 Å². The maximum Gasteiger partial charge on any atom is 0.457 e. The predicted octanol–water partition coefficient (Wildman–Crippen LogP) is 5.20. The molecule has 1 atom stereocenters. The number of benzene rings is 1. The van der Waals surface area contributed by atoms with Crippen LogP contribution in [0.3, 0.4) is 0 Å². The Morgan fingerprint density at radius 3 is 1.71 bits per heavy atom. The third-order valence-electron chi connectivity index (χ3n) is 3.31. The second kappa shape index (κ2) is 5.69. The van der Waals surface area contributed by atoms with Gasteiger partial charge in [0.2, 0.25) is 0 Å². The molecule has 0 aliphatic heterocycles. The van der Waals surface area contributed by atoms with Crippen LogP contribution in [-0.4, -0.2) is 17.2 Å². The summed E-state index contributed by atoms with van der Waals surface area (Å²) in [7, 11) is 0. The van der Waals surface area contributed by atoms with Crippen LogP contribution in [0.25, 0.3) is 0 Å². The van der Waals surface area contributed by atoms with Gasteiger partial charge in [-0.25, -0.2) is 0 Å². The molecule has 1 unspecified atom stereocenters. The number of alkyl halides is 8. The largest absolute Gasteiger partial charge is 0.457 e. The van der Waals surface area contributed by atoms with Crippen molar-refractivity contribution in [2.24, 2.45) is 0 Å². The first kappa shape index (κ1) is 18.7. The highest BCUT2D eigenvalue weighted by atomic mass is 32.1. The number of hydrogen-bond donors (Lipinski definition) is 1. The molecule has 0 aliphatic rings. The van der Waals surface area contributed by atoms with Crippen LogP contribution in [0.1, 0.15) is 16.0 Å². The molecular formula is C14H8F8OS. The summed E-state index contributed by atoms with van der Waals surface area (Å²) in [6.07, 6.45) is -11.5. The summed E-state index contributed by atoms with van der Waals surface area (Å²) in [5.74, 6) is -5.85. The van der Waals surface area contributed by atoms with Crippen molar-refractivity contribution in [3.8, 4) is 0 Å². The number of rotatable bonds is 3. The zero-order valence-corrected chi connectivity index (χ0v) is 12.2. The van der Waals surface area contributed by atoms with Gasteiger partial charge in [0.05, 0.1) is 5.56 Å². The van der Waals surface area contributed by atoms with Crippen molar-refractivity contribution in [1.29, 1.82) is 0 Å². The fourth-order valence-corrected chi connectivity index (χ4v) is 3.06. The van der Waals surface area contributed by atoms with Crippen molar-refractivity contribution in [1.82, 2.24) is 0 Å². The van der Waals surface area contributed by atoms with Gasteiger partial charge < -0.3 is 5.11 Å². The van der Waals surface area contributed by atoms with E-state index in [0.29, 0.717) is 12.1 Å². The fraction of sp³-hybridized carbons (Fsp3) is 0.286. The first-order valence-corrected chi connectivity index (χ1v) is 7.09. The van der Waals surface area contributed by atoms with E-state index >= 15 is 0 Å². The molecule has 132 valence electrons. The van der Waals surface area contributed by atoms with Crippen molar-refractivity contribution < 1.29 is 40.2 Å². The van der Waals surface area contributed by atoms with E-state index in [4.69, 9.17) is 0 Å². The zero-order chi connectivity index (χ0) is 18.4. The topological polar surface area (TPSA) is 20.2 Å². The van der Waals surface area contributed by atoms with Crippen LogP contribution in [0.2, 0.25) is 0 Å². The molecule has 1 heterocycles. The number of halogens is 8. The lowest BCUT2D eigenvalue weighted by atomic mass is 9.82. The Balaban J connectivity index is 2.86. The van der Waals surface area contributed by atoms with Crippen LogP contribution in [0.4, 0.5) is 35.1 Å². The van der Waals surface area contributed by atoms with Crippen LogP contribution in [0, 0.1) is 0 Å². The fourth-order valence-electron chi connectivity index (χ4n) is 2.19. The quantitative estimate of drug-likeness (QED) is 0.730. The first-order chi connectivity index (χ1) is 10.8. The Labute approximate surface area is 134 Å². The van der Waals surface area contributed by atoms with Gasteiger partial charge in [0.15, 0.2) is 5.60 Å². The lowest BCUT2D eigenvalue weighted by Crippen LogP contribution is -2.55. The summed E-state index contributed by atoms with van der Waals surface area (Å²) in [5.41, 5.74) is -7.56. The van der Waals surface area contributed by atoms with Crippen LogP contribution < -0.4 is 0 Å². The number of thiophene rings is 1. The molecule has 2 aromatic rings. The SMILES string of the molecule is OC(c1cccs1)(c1ccccc1C(F)(F)F)C(F)(F)C(F)(F)F. The molecule has 0 spiro atoms. The molecule has 2 rings (SSSR count). The summed E-state index contributed by atoms with van der Waals surface area (Å²) < 4.78 is 106. The Kier molecular flexibility index (Phi) is 4.43. The van der Waals surface area contributed by atoms with Crippen molar-refractivity contribution in [3.05, 3.63) is 57.8 Å². The summed E-state index contributed by atoms with van der Waals surface area (Å²) in [5, 5.41) is 11.4. The molecule has 0 aliphatic carbocycles. The highest BCUT2D eigenvalue weighted by molar-refractivity contribution is 7.10. The molecule has 0 fully saturated rings. The maximum absolute atomic E-state index is 14.1. The van der Waals surface area contributed by atoms with Crippen molar-refractivity contribution in [2.75, 3.05) is 0 Å². The van der Waals surface area contributed by atoms with E-state index in [1.54, 1.807) is 0 Å². The Morgan fingerprint density at radius 1 is 0.750 bits per heavy atom. The van der Waals surface area contributed by atoms with Crippen molar-refractivity contribution in [2.45, 2.75) is 23.9 Å². The summed E-state index contributed by atoms with van der Waals surface area (Å²) in [6.45, 7) is 0. The molecule has 1 aromatic carbocycles. The molecule has 1 nitrogen and oxygen atoms in total. The van der Waals surface area contributed by atoms with Gasteiger partial charge in [-0.3, -0.25) is 0 Å². The van der Waals surface area contributed by atoms with Crippen LogP contribution >= 0.6 is 11.3 Å². The molecule has 0 radical (unpaired) electrons. The minimum atomic E-state index is -6.27. The molecule has 1 aromatic heterocycles. The van der Waals surface area contributed by atoms with Gasteiger partial charge in [0.25, 0.3) is 0 Å². The highest BCUT2D eigenvalue weighted by Crippen LogP contribution is 2.54. The second-order valence-corrected chi connectivity index (χ2v) is 5.75. The average Bonchev–Trinajstić information content (AvgIpc) is 2.98. The van der Waals surface area contributed by atoms with E-state index in [0.717, 1.165) is 29.6 Å². The van der Waals surface area contributed by atoms with E-state index in [9.17, 15) is 40.2 Å². The molecule has 10 heteroatoms. The van der Waals surface area contributed by atoms with E-state index in [1.165, 1.54) is 0 Å². The predicted molar refractivity (Wildman–Crippen MR) is 69.8 cm³/mol. The van der Waals surface area contributed by atoms with Gasteiger partial charge in [-0.1, -0.05) is 24.3 Å². The molecule has 0 saturated carbocycles. The minimum absolute atomic E-state index is 0.290. The maximum atomic E-state index is 14.1. The van der Waals surface area contributed by atoms with Gasteiger partial charge in [0, 0.05) is 10.4 Å². The first-order valence-electron chi connectivity index (χ1n) is 6.21. The third-order valence-corrected chi connectivity index (χ3v) is 4.29. The van der Waals surface area contributed by atoms with E-state index in [-0.39, 0.29) is 11.3 Å². The monoisotopic (exact) mass is 376 g/mol. The Hall–Kier alpha value is -1.68. The summed E-state index contributed by atoms with van der Waals surface area (Å²) in [4.78, 5) is -0.957. The molecule has 0 amide bonds. The average molecular weight is 376 g/mol. The normalized spacial score (nSPS) is 16.0. The smallest absolute Gasteiger partial charge is 0.374 e. The second-order valence-electron chi connectivity index (χ2n) is 4.80. The van der Waals surface area contributed by atoms with Crippen LogP contribution in [0.15, 0.2) is 41.8 Å². The molecular weight excluding hydrogens is 368 g/mol. The van der Waals surface area contributed by atoms with Gasteiger partial charge in [-0.15, -0.1) is 11.3 Å². The third kappa shape index (κ3) is 2.77. The molecule has 0 bridgehead atoms. The van der Waals surface area contributed by atoms with Gasteiger partial charge >= 0.3 is 18.3 Å². The number of aliphatic hydroxyl groups is 1. The Bertz CT molecular complexity index is 704. The molecule has 1 N–H and O–H groups in total. The zero-order valence-electron chi connectivity index (χ0n) is 11.4. The lowest BCUT2D eigenvalue weighted by Gasteiger charge is -2.37. The van der Waals surface area contributed by atoms with E-state index < -0.39 is 39.9 Å². The van der Waals surface area contributed by atoms with Crippen LogP contribution in [0.5, 0.6) is 0 Å². The Morgan fingerprint density at radius 2 is 1.29 bits per heavy atom. The van der Waals surface area contributed by atoms with Crippen molar-refractivity contribution >= 4 is 11.3 Å². The molecule has 24 heavy (non-hydrogen) atoms. The summed E-state index contributed by atoms with van der Waals surface area (Å²) in [6, 6.07) is 4.18. The minimum Gasteiger partial charge on any atom is -0.374 e. The van der Waals surface area contributed by atoms with Gasteiger partial charge in [-0.2, -0.15) is 35.1 Å². The van der Waals surface area contributed by atoms with E-state index in [2.05, 4.69) is 0 Å². The highest BCUT2D eigenvalue weighted by Gasteiger charge is 2.72. The number of hydrogen-bond acceptors (Lipinski definition) is 2. The van der Waals surface area contributed by atoms with Crippen molar-refractivity contribution in [3.63, 3.8) is 0 Å². The van der Waals surface area contributed by atoms with E-state index in [1.807, 2.05) is 0 Å². The standard InChI is InChI=1S/C14H8F8OS/c15-12(16,17)9-5-2-1-4-8(9)11(23,10-6-3-7-24-10)13(18,19)14(20,21)22/h1-7,23H. The van der Waals surface area contributed by atoms with Gasteiger partial charge in [-0.05, 0) is 17.5 Å². The molecule has 0 saturated heterocycles. The lowest BCUT2D eigenvalue weighted by molar-refractivity contribution is -0.336.